The number of ether oxygens (including phenoxy) is 1. The molecule has 0 fully saturated rings. The van der Waals surface area contributed by atoms with E-state index in [2.05, 4.69) is 5.32 Å². The summed E-state index contributed by atoms with van der Waals surface area (Å²) in [6.45, 7) is 1.67. The van der Waals surface area contributed by atoms with Crippen molar-refractivity contribution in [2.45, 2.75) is 13.0 Å². The third-order valence-corrected chi connectivity index (χ3v) is 2.99. The van der Waals surface area contributed by atoms with Gasteiger partial charge in [-0.2, -0.15) is 0 Å². The number of anilines is 2. The van der Waals surface area contributed by atoms with Gasteiger partial charge in [0.25, 0.3) is 5.91 Å². The van der Waals surface area contributed by atoms with Crippen LogP contribution in [-0.2, 0) is 4.79 Å². The van der Waals surface area contributed by atoms with Crippen LogP contribution in [0.5, 0.6) is 5.75 Å². The van der Waals surface area contributed by atoms with Crippen molar-refractivity contribution in [1.82, 2.24) is 0 Å². The van der Waals surface area contributed by atoms with Crippen LogP contribution in [0.15, 0.2) is 48.5 Å². The fraction of sp³-hybridized carbons (Fsp3) is 0.133. The number of hydrogen-bond acceptors (Lipinski definition) is 3. The minimum absolute atomic E-state index is 0.277. The van der Waals surface area contributed by atoms with E-state index in [1.54, 1.807) is 37.3 Å². The summed E-state index contributed by atoms with van der Waals surface area (Å²) in [5, 5.41) is 3.10. The quantitative estimate of drug-likeness (QED) is 0.849. The monoisotopic (exact) mass is 290 g/mol. The minimum atomic E-state index is -0.633. The summed E-state index contributed by atoms with van der Waals surface area (Å²) in [6, 6.07) is 14.1. The van der Waals surface area contributed by atoms with Crippen molar-refractivity contribution in [3.8, 4) is 5.75 Å². The van der Waals surface area contributed by atoms with Crippen molar-refractivity contribution in [3.05, 3.63) is 53.6 Å². The van der Waals surface area contributed by atoms with Gasteiger partial charge in [0, 0.05) is 5.69 Å². The van der Waals surface area contributed by atoms with Gasteiger partial charge in [0.2, 0.25) is 0 Å². The number of halogens is 1. The molecule has 20 heavy (non-hydrogen) atoms. The molecule has 0 spiro atoms. The summed E-state index contributed by atoms with van der Waals surface area (Å²) in [5.74, 6) is 0.360. The van der Waals surface area contributed by atoms with Gasteiger partial charge in [-0.05, 0) is 37.3 Å². The Labute approximate surface area is 122 Å². The average Bonchev–Trinajstić information content (AvgIpc) is 2.43. The summed E-state index contributed by atoms with van der Waals surface area (Å²) >= 11 is 6.00. The van der Waals surface area contributed by atoms with Crippen molar-refractivity contribution in [2.75, 3.05) is 11.1 Å². The number of amides is 1. The second-order valence-electron chi connectivity index (χ2n) is 4.30. The molecule has 2 rings (SSSR count). The van der Waals surface area contributed by atoms with Crippen LogP contribution in [0.1, 0.15) is 6.92 Å². The largest absolute Gasteiger partial charge is 0.481 e. The third kappa shape index (κ3) is 3.65. The molecule has 0 aliphatic heterocycles. The van der Waals surface area contributed by atoms with Gasteiger partial charge in [-0.25, -0.2) is 0 Å². The Kier molecular flexibility index (Phi) is 4.48. The van der Waals surface area contributed by atoms with Gasteiger partial charge >= 0.3 is 0 Å². The molecule has 0 aliphatic carbocycles. The summed E-state index contributed by atoms with van der Waals surface area (Å²) in [6.07, 6.45) is -0.633. The molecule has 0 saturated heterocycles. The van der Waals surface area contributed by atoms with Gasteiger partial charge in [0.15, 0.2) is 6.10 Å². The number of nitrogen functional groups attached to an aromatic ring is 1. The maximum Gasteiger partial charge on any atom is 0.265 e. The van der Waals surface area contributed by atoms with Crippen LogP contribution in [0.3, 0.4) is 0 Å². The first-order valence-electron chi connectivity index (χ1n) is 6.14. The number of nitrogens with one attached hydrogen (secondary N) is 1. The summed E-state index contributed by atoms with van der Waals surface area (Å²) in [5.41, 5.74) is 6.65. The number of rotatable bonds is 4. The molecule has 2 aromatic carbocycles. The second-order valence-corrected chi connectivity index (χ2v) is 4.71. The van der Waals surface area contributed by atoms with Gasteiger partial charge in [0.1, 0.15) is 5.75 Å². The Morgan fingerprint density at radius 1 is 1.25 bits per heavy atom. The fourth-order valence-corrected chi connectivity index (χ4v) is 1.86. The van der Waals surface area contributed by atoms with Crippen molar-refractivity contribution >= 4 is 28.9 Å². The summed E-state index contributed by atoms with van der Waals surface area (Å²) < 4.78 is 5.53. The highest BCUT2D eigenvalue weighted by Crippen LogP contribution is 2.24. The minimum Gasteiger partial charge on any atom is -0.481 e. The van der Waals surface area contributed by atoms with Gasteiger partial charge < -0.3 is 15.8 Å². The van der Waals surface area contributed by atoms with E-state index in [1.807, 2.05) is 18.2 Å². The number of carbonyl (C=O) groups is 1. The summed E-state index contributed by atoms with van der Waals surface area (Å²) in [4.78, 5) is 12.0. The molecule has 0 aromatic heterocycles. The van der Waals surface area contributed by atoms with Gasteiger partial charge in [-0.1, -0.05) is 29.8 Å². The molecular weight excluding hydrogens is 276 g/mol. The molecule has 1 unspecified atom stereocenters. The fourth-order valence-electron chi connectivity index (χ4n) is 1.62. The molecule has 0 heterocycles. The maximum absolute atomic E-state index is 12.0. The smallest absolute Gasteiger partial charge is 0.265 e. The average molecular weight is 291 g/mol. The zero-order valence-corrected chi connectivity index (χ0v) is 11.7. The highest BCUT2D eigenvalue weighted by Gasteiger charge is 2.15. The zero-order valence-electron chi connectivity index (χ0n) is 11.0. The van der Waals surface area contributed by atoms with Crippen LogP contribution < -0.4 is 15.8 Å². The number of carbonyl (C=O) groups excluding carboxylic acids is 1. The van der Waals surface area contributed by atoms with Crippen LogP contribution in [0, 0.1) is 0 Å². The first kappa shape index (κ1) is 14.2. The van der Waals surface area contributed by atoms with Crippen LogP contribution in [-0.4, -0.2) is 12.0 Å². The lowest BCUT2D eigenvalue weighted by atomic mass is 10.2. The molecule has 2 aromatic rings. The Bertz CT molecular complexity index is 602. The number of nitrogens with two attached hydrogens (primary N) is 1. The standard InChI is InChI=1S/C15H15ClN2O2/c1-10(20-12-5-3-2-4-6-12)15(19)18-14-8-7-11(17)9-13(14)16/h2-10H,17H2,1H3,(H,18,19). The van der Waals surface area contributed by atoms with Gasteiger partial charge in [-0.15, -0.1) is 0 Å². The molecule has 0 aliphatic rings. The lowest BCUT2D eigenvalue weighted by molar-refractivity contribution is -0.122. The normalized spacial score (nSPS) is 11.7. The number of para-hydroxylation sites is 1. The van der Waals surface area contributed by atoms with Gasteiger partial charge in [0.05, 0.1) is 10.7 Å². The number of benzene rings is 2. The Morgan fingerprint density at radius 2 is 1.95 bits per heavy atom. The molecule has 5 heteroatoms. The predicted molar refractivity (Wildman–Crippen MR) is 81.0 cm³/mol. The molecule has 0 bridgehead atoms. The lowest BCUT2D eigenvalue weighted by Crippen LogP contribution is -2.30. The van der Waals surface area contributed by atoms with Crippen LogP contribution >= 0.6 is 11.6 Å². The van der Waals surface area contributed by atoms with Crippen molar-refractivity contribution in [3.63, 3.8) is 0 Å². The van der Waals surface area contributed by atoms with Crippen LogP contribution in [0.2, 0.25) is 5.02 Å². The number of hydrogen-bond donors (Lipinski definition) is 2. The van der Waals surface area contributed by atoms with Crippen molar-refractivity contribution < 1.29 is 9.53 Å². The highest BCUT2D eigenvalue weighted by atomic mass is 35.5. The van der Waals surface area contributed by atoms with E-state index in [4.69, 9.17) is 22.1 Å². The van der Waals surface area contributed by atoms with E-state index in [9.17, 15) is 4.79 Å². The summed E-state index contributed by atoms with van der Waals surface area (Å²) in [7, 11) is 0. The molecule has 1 atom stereocenters. The van der Waals surface area contributed by atoms with Crippen molar-refractivity contribution in [2.24, 2.45) is 0 Å². The van der Waals surface area contributed by atoms with Crippen molar-refractivity contribution in [1.29, 1.82) is 0 Å². The van der Waals surface area contributed by atoms with E-state index in [0.717, 1.165) is 0 Å². The van der Waals surface area contributed by atoms with Gasteiger partial charge in [-0.3, -0.25) is 4.79 Å². The van der Waals surface area contributed by atoms with Crippen LogP contribution in [0.25, 0.3) is 0 Å². The molecule has 0 radical (unpaired) electrons. The molecular formula is C15H15ClN2O2. The van der Waals surface area contributed by atoms with E-state index in [-0.39, 0.29) is 5.91 Å². The zero-order chi connectivity index (χ0) is 14.5. The molecule has 0 saturated carbocycles. The third-order valence-electron chi connectivity index (χ3n) is 2.68. The van der Waals surface area contributed by atoms with E-state index in [0.29, 0.717) is 22.1 Å². The molecule has 3 N–H and O–H groups in total. The Hall–Kier alpha value is -2.20. The second kappa shape index (κ2) is 6.30. The highest BCUT2D eigenvalue weighted by molar-refractivity contribution is 6.34. The molecule has 104 valence electrons. The first-order chi connectivity index (χ1) is 9.56. The van der Waals surface area contributed by atoms with E-state index >= 15 is 0 Å². The predicted octanol–water partition coefficient (Wildman–Crippen LogP) is 3.33. The Morgan fingerprint density at radius 3 is 2.60 bits per heavy atom. The van der Waals surface area contributed by atoms with E-state index in [1.165, 1.54) is 0 Å². The van der Waals surface area contributed by atoms with Crippen LogP contribution in [0.4, 0.5) is 11.4 Å². The first-order valence-corrected chi connectivity index (χ1v) is 6.51. The van der Waals surface area contributed by atoms with E-state index < -0.39 is 6.10 Å². The Balaban J connectivity index is 2.01. The molecule has 4 nitrogen and oxygen atoms in total. The maximum atomic E-state index is 12.0. The topological polar surface area (TPSA) is 64.3 Å². The molecule has 1 amide bonds. The lowest BCUT2D eigenvalue weighted by Gasteiger charge is -2.15. The SMILES string of the molecule is CC(Oc1ccccc1)C(=O)Nc1ccc(N)cc1Cl.